The normalized spacial score (nSPS) is 23.2. The van der Waals surface area contributed by atoms with E-state index in [2.05, 4.69) is 6.92 Å². The molecule has 1 N–H and O–H groups in total. The Bertz CT molecular complexity index is 141. The summed E-state index contributed by atoms with van der Waals surface area (Å²) in [6.45, 7) is 3.14. The fourth-order valence-electron chi connectivity index (χ4n) is 2.20. The monoisotopic (exact) mass is 214 g/mol. The van der Waals surface area contributed by atoms with Crippen molar-refractivity contribution in [2.45, 2.75) is 76.9 Å². The van der Waals surface area contributed by atoms with Gasteiger partial charge in [-0.25, -0.2) is 0 Å². The lowest BCUT2D eigenvalue weighted by atomic mass is 10.0. The molecule has 1 fully saturated rings. The average molecular weight is 214 g/mol. The highest BCUT2D eigenvalue weighted by atomic mass is 16.5. The fourth-order valence-corrected chi connectivity index (χ4v) is 2.20. The fraction of sp³-hybridized carbons (Fsp3) is 1.00. The van der Waals surface area contributed by atoms with Crippen LogP contribution in [0.2, 0.25) is 0 Å². The van der Waals surface area contributed by atoms with E-state index in [0.29, 0.717) is 6.10 Å². The minimum Gasteiger partial charge on any atom is -0.393 e. The predicted molar refractivity (Wildman–Crippen MR) is 63.0 cm³/mol. The van der Waals surface area contributed by atoms with Crippen molar-refractivity contribution in [1.29, 1.82) is 0 Å². The molecule has 0 aromatic heterocycles. The predicted octanol–water partition coefficient (Wildman–Crippen LogP) is 3.28. The van der Waals surface area contributed by atoms with Gasteiger partial charge < -0.3 is 9.84 Å². The standard InChI is InChI=1S/C13H26O2/c1-2-3-4-5-7-12(14)9-10-13-8-6-11-15-13/h12-14H,2-11H2,1H3. The molecule has 0 radical (unpaired) electrons. The van der Waals surface area contributed by atoms with Gasteiger partial charge in [0, 0.05) is 6.61 Å². The molecule has 0 saturated carbocycles. The summed E-state index contributed by atoms with van der Waals surface area (Å²) in [6.07, 6.45) is 10.7. The zero-order valence-electron chi connectivity index (χ0n) is 10.1. The molecule has 0 spiro atoms. The van der Waals surface area contributed by atoms with Crippen molar-refractivity contribution in [3.63, 3.8) is 0 Å². The van der Waals surface area contributed by atoms with Crippen molar-refractivity contribution in [2.75, 3.05) is 6.61 Å². The van der Waals surface area contributed by atoms with E-state index in [-0.39, 0.29) is 6.10 Å². The van der Waals surface area contributed by atoms with Crippen LogP contribution in [0.4, 0.5) is 0 Å². The molecule has 2 unspecified atom stereocenters. The number of aliphatic hydroxyl groups is 1. The van der Waals surface area contributed by atoms with Gasteiger partial charge in [0.05, 0.1) is 12.2 Å². The van der Waals surface area contributed by atoms with E-state index < -0.39 is 0 Å². The van der Waals surface area contributed by atoms with E-state index in [0.717, 1.165) is 25.9 Å². The summed E-state index contributed by atoms with van der Waals surface area (Å²) in [5, 5.41) is 9.75. The maximum atomic E-state index is 9.75. The number of hydrogen-bond acceptors (Lipinski definition) is 2. The van der Waals surface area contributed by atoms with Crippen LogP contribution >= 0.6 is 0 Å². The SMILES string of the molecule is CCCCCCC(O)CCC1CCCO1. The van der Waals surface area contributed by atoms with Crippen LogP contribution in [0, 0.1) is 0 Å². The second-order valence-corrected chi connectivity index (χ2v) is 4.72. The number of aliphatic hydroxyl groups excluding tert-OH is 1. The van der Waals surface area contributed by atoms with Gasteiger partial charge in [0.2, 0.25) is 0 Å². The summed E-state index contributed by atoms with van der Waals surface area (Å²) >= 11 is 0. The summed E-state index contributed by atoms with van der Waals surface area (Å²) in [7, 11) is 0. The van der Waals surface area contributed by atoms with Gasteiger partial charge in [-0.15, -0.1) is 0 Å². The summed E-state index contributed by atoms with van der Waals surface area (Å²) < 4.78 is 5.54. The molecule has 90 valence electrons. The number of hydrogen-bond donors (Lipinski definition) is 1. The Hall–Kier alpha value is -0.0800. The van der Waals surface area contributed by atoms with Crippen LogP contribution in [0.5, 0.6) is 0 Å². The highest BCUT2D eigenvalue weighted by molar-refractivity contribution is 4.67. The summed E-state index contributed by atoms with van der Waals surface area (Å²) in [4.78, 5) is 0. The molecule has 2 atom stereocenters. The van der Waals surface area contributed by atoms with Crippen LogP contribution in [0.1, 0.15) is 64.7 Å². The largest absolute Gasteiger partial charge is 0.393 e. The first-order valence-electron chi connectivity index (χ1n) is 6.62. The lowest BCUT2D eigenvalue weighted by Crippen LogP contribution is -2.12. The van der Waals surface area contributed by atoms with Gasteiger partial charge in [-0.2, -0.15) is 0 Å². The van der Waals surface area contributed by atoms with Crippen molar-refractivity contribution < 1.29 is 9.84 Å². The molecule has 2 nitrogen and oxygen atoms in total. The molecule has 1 heterocycles. The van der Waals surface area contributed by atoms with E-state index >= 15 is 0 Å². The van der Waals surface area contributed by atoms with Crippen LogP contribution in [-0.2, 0) is 4.74 Å². The maximum absolute atomic E-state index is 9.75. The quantitative estimate of drug-likeness (QED) is 0.628. The van der Waals surface area contributed by atoms with E-state index in [9.17, 15) is 5.11 Å². The van der Waals surface area contributed by atoms with Gasteiger partial charge in [-0.05, 0) is 32.1 Å². The van der Waals surface area contributed by atoms with Gasteiger partial charge in [0.1, 0.15) is 0 Å². The first-order chi connectivity index (χ1) is 7.33. The van der Waals surface area contributed by atoms with Gasteiger partial charge in [0.15, 0.2) is 0 Å². The van der Waals surface area contributed by atoms with Gasteiger partial charge >= 0.3 is 0 Å². The maximum Gasteiger partial charge on any atom is 0.0577 e. The third kappa shape index (κ3) is 6.16. The van der Waals surface area contributed by atoms with E-state index in [1.807, 2.05) is 0 Å². The lowest BCUT2D eigenvalue weighted by molar-refractivity contribution is 0.0782. The molecule has 1 aliphatic heterocycles. The molecule has 0 amide bonds. The van der Waals surface area contributed by atoms with E-state index in [1.54, 1.807) is 0 Å². The average Bonchev–Trinajstić information content (AvgIpc) is 2.74. The molecule has 2 heteroatoms. The van der Waals surface area contributed by atoms with Crippen molar-refractivity contribution in [3.8, 4) is 0 Å². The molecule has 1 aliphatic rings. The lowest BCUT2D eigenvalue weighted by Gasteiger charge is -2.13. The summed E-state index contributed by atoms with van der Waals surface area (Å²) in [5.74, 6) is 0. The highest BCUT2D eigenvalue weighted by Crippen LogP contribution is 2.19. The number of ether oxygens (including phenoxy) is 1. The minimum absolute atomic E-state index is 0.0916. The highest BCUT2D eigenvalue weighted by Gasteiger charge is 2.16. The smallest absolute Gasteiger partial charge is 0.0577 e. The van der Waals surface area contributed by atoms with E-state index in [1.165, 1.54) is 38.5 Å². The molecular formula is C13H26O2. The van der Waals surface area contributed by atoms with Crippen LogP contribution < -0.4 is 0 Å². The molecule has 1 rings (SSSR count). The zero-order chi connectivity index (χ0) is 10.9. The molecule has 1 saturated heterocycles. The Morgan fingerprint density at radius 3 is 2.80 bits per heavy atom. The molecule has 0 aromatic rings. The van der Waals surface area contributed by atoms with E-state index in [4.69, 9.17) is 4.74 Å². The first-order valence-corrected chi connectivity index (χ1v) is 6.62. The van der Waals surface area contributed by atoms with Crippen molar-refractivity contribution in [3.05, 3.63) is 0 Å². The van der Waals surface area contributed by atoms with Crippen molar-refractivity contribution >= 4 is 0 Å². The first kappa shape index (κ1) is 13.0. The Labute approximate surface area is 94.0 Å². The van der Waals surface area contributed by atoms with Crippen LogP contribution in [0.15, 0.2) is 0 Å². The Morgan fingerprint density at radius 1 is 1.27 bits per heavy atom. The molecule has 0 aliphatic carbocycles. The number of rotatable bonds is 8. The molecule has 15 heavy (non-hydrogen) atoms. The second-order valence-electron chi connectivity index (χ2n) is 4.72. The molecule has 0 bridgehead atoms. The zero-order valence-corrected chi connectivity index (χ0v) is 10.1. The van der Waals surface area contributed by atoms with Crippen molar-refractivity contribution in [1.82, 2.24) is 0 Å². The van der Waals surface area contributed by atoms with Gasteiger partial charge in [-0.3, -0.25) is 0 Å². The van der Waals surface area contributed by atoms with Crippen LogP contribution in [0.25, 0.3) is 0 Å². The topological polar surface area (TPSA) is 29.5 Å². The van der Waals surface area contributed by atoms with Gasteiger partial charge in [0.25, 0.3) is 0 Å². The summed E-state index contributed by atoms with van der Waals surface area (Å²) in [6, 6.07) is 0. The summed E-state index contributed by atoms with van der Waals surface area (Å²) in [5.41, 5.74) is 0. The third-order valence-electron chi connectivity index (χ3n) is 3.24. The van der Waals surface area contributed by atoms with Crippen LogP contribution in [-0.4, -0.2) is 23.9 Å². The minimum atomic E-state index is -0.0916. The van der Waals surface area contributed by atoms with Crippen LogP contribution in [0.3, 0.4) is 0 Å². The third-order valence-corrected chi connectivity index (χ3v) is 3.24. The number of unbranched alkanes of at least 4 members (excludes halogenated alkanes) is 3. The molecular weight excluding hydrogens is 188 g/mol. The Morgan fingerprint density at radius 2 is 2.13 bits per heavy atom. The second kappa shape index (κ2) is 8.12. The van der Waals surface area contributed by atoms with Gasteiger partial charge in [-0.1, -0.05) is 32.6 Å². The van der Waals surface area contributed by atoms with Crippen molar-refractivity contribution in [2.24, 2.45) is 0 Å². The molecule has 0 aromatic carbocycles. The Kier molecular flexibility index (Phi) is 7.03. The Balaban J connectivity index is 1.90.